The van der Waals surface area contributed by atoms with Crippen LogP contribution in [0.1, 0.15) is 5.56 Å². The summed E-state index contributed by atoms with van der Waals surface area (Å²) in [5, 5.41) is 0. The molecule has 2 aromatic carbocycles. The number of anilines is 1. The molecule has 31 heavy (non-hydrogen) atoms. The van der Waals surface area contributed by atoms with Crippen LogP contribution in [0, 0.1) is 6.92 Å². The lowest BCUT2D eigenvalue weighted by atomic mass is 10.1. The van der Waals surface area contributed by atoms with Crippen molar-refractivity contribution in [2.24, 2.45) is 0 Å². The minimum absolute atomic E-state index is 0.0665. The molecule has 0 spiro atoms. The molecule has 0 N–H and O–H groups in total. The van der Waals surface area contributed by atoms with Gasteiger partial charge in [-0.2, -0.15) is 0 Å². The molecule has 0 aliphatic carbocycles. The molecule has 7 heteroatoms. The molecule has 7 nitrogen and oxygen atoms in total. The maximum atomic E-state index is 12.6. The topological polar surface area (TPSA) is 73.7 Å². The van der Waals surface area contributed by atoms with Crippen molar-refractivity contribution in [2.45, 2.75) is 6.92 Å². The molecule has 0 radical (unpaired) electrons. The standard InChI is InChI=1S/C24H21N3O4/c1-16-7-6-8-17(13-16)27-15-25-20-14-18(10-11-21(20)27)26-12-5-4-9-19(23(28)30-2)22(26)24(29)31-3/h4-15H,1-3H3. The zero-order chi connectivity index (χ0) is 22.0. The van der Waals surface area contributed by atoms with E-state index in [-0.39, 0.29) is 11.3 Å². The molecule has 4 rings (SSSR count). The first kappa shape index (κ1) is 20.2. The van der Waals surface area contributed by atoms with Gasteiger partial charge in [0.1, 0.15) is 12.0 Å². The van der Waals surface area contributed by atoms with E-state index in [4.69, 9.17) is 9.47 Å². The van der Waals surface area contributed by atoms with Crippen LogP contribution in [-0.4, -0.2) is 35.7 Å². The fourth-order valence-corrected chi connectivity index (χ4v) is 3.50. The number of carbonyl (C=O) groups is 2. The summed E-state index contributed by atoms with van der Waals surface area (Å²) in [6.45, 7) is 2.04. The van der Waals surface area contributed by atoms with E-state index < -0.39 is 11.9 Å². The Bertz CT molecular complexity index is 1270. The number of benzene rings is 2. The number of nitrogens with zero attached hydrogens (tertiary/aromatic N) is 3. The molecule has 0 fully saturated rings. The molecule has 0 bridgehead atoms. The van der Waals surface area contributed by atoms with Crippen LogP contribution in [0.2, 0.25) is 0 Å². The third-order valence-corrected chi connectivity index (χ3v) is 4.98. The molecule has 0 unspecified atom stereocenters. The van der Waals surface area contributed by atoms with Crippen molar-refractivity contribution < 1.29 is 19.1 Å². The van der Waals surface area contributed by atoms with Gasteiger partial charge in [0.25, 0.3) is 0 Å². The summed E-state index contributed by atoms with van der Waals surface area (Å²) in [5.41, 5.74) is 4.65. The number of fused-ring (bicyclic) bond motifs is 1. The smallest absolute Gasteiger partial charge is 0.355 e. The van der Waals surface area contributed by atoms with E-state index in [1.807, 2.05) is 47.9 Å². The van der Waals surface area contributed by atoms with Crippen LogP contribution in [0.15, 0.2) is 84.5 Å². The zero-order valence-corrected chi connectivity index (χ0v) is 17.4. The molecule has 156 valence electrons. The first-order valence-electron chi connectivity index (χ1n) is 9.62. The molecule has 0 atom stereocenters. The predicted octanol–water partition coefficient (Wildman–Crippen LogP) is 3.82. The third-order valence-electron chi connectivity index (χ3n) is 4.98. The molecule has 3 aromatic rings. The van der Waals surface area contributed by atoms with Gasteiger partial charge in [-0.05, 0) is 55.0 Å². The second kappa shape index (κ2) is 8.31. The van der Waals surface area contributed by atoms with Crippen LogP contribution in [-0.2, 0) is 19.1 Å². The Hall–Kier alpha value is -4.13. The van der Waals surface area contributed by atoms with Crippen LogP contribution < -0.4 is 4.90 Å². The van der Waals surface area contributed by atoms with E-state index >= 15 is 0 Å². The summed E-state index contributed by atoms with van der Waals surface area (Å²) in [7, 11) is 2.54. The highest BCUT2D eigenvalue weighted by molar-refractivity contribution is 6.05. The highest BCUT2D eigenvalue weighted by Crippen LogP contribution is 2.29. The summed E-state index contributed by atoms with van der Waals surface area (Å²) in [6, 6.07) is 13.8. The SMILES string of the molecule is COC(=O)C1=C(C(=O)OC)N(c2ccc3c(c2)ncn3-c2cccc(C)c2)C=CC=C1. The van der Waals surface area contributed by atoms with E-state index in [0.717, 1.165) is 22.3 Å². The Labute approximate surface area is 179 Å². The van der Waals surface area contributed by atoms with Gasteiger partial charge in [-0.25, -0.2) is 14.6 Å². The Morgan fingerprint density at radius 2 is 1.74 bits per heavy atom. The third kappa shape index (κ3) is 3.73. The van der Waals surface area contributed by atoms with Gasteiger partial charge in [-0.15, -0.1) is 0 Å². The molecule has 0 saturated carbocycles. The van der Waals surface area contributed by atoms with Crippen LogP contribution in [0.3, 0.4) is 0 Å². The van der Waals surface area contributed by atoms with Gasteiger partial charge in [0.15, 0.2) is 0 Å². The van der Waals surface area contributed by atoms with Gasteiger partial charge in [0.05, 0.1) is 30.8 Å². The van der Waals surface area contributed by atoms with Gasteiger partial charge < -0.3 is 14.4 Å². The van der Waals surface area contributed by atoms with Gasteiger partial charge in [-0.3, -0.25) is 4.57 Å². The number of hydrogen-bond donors (Lipinski definition) is 0. The van der Waals surface area contributed by atoms with Crippen molar-refractivity contribution >= 4 is 28.7 Å². The van der Waals surface area contributed by atoms with Gasteiger partial charge >= 0.3 is 11.9 Å². The average molecular weight is 415 g/mol. The summed E-state index contributed by atoms with van der Waals surface area (Å²) in [5.74, 6) is -1.28. The number of allylic oxidation sites excluding steroid dienone is 2. The molecule has 1 aromatic heterocycles. The summed E-state index contributed by atoms with van der Waals surface area (Å²) >= 11 is 0. The molecular formula is C24H21N3O4. The van der Waals surface area contributed by atoms with Crippen LogP contribution in [0.25, 0.3) is 16.7 Å². The number of aryl methyl sites for hydroxylation is 1. The number of hydrogen-bond acceptors (Lipinski definition) is 6. The number of ether oxygens (including phenoxy) is 2. The number of methoxy groups -OCH3 is 2. The highest BCUT2D eigenvalue weighted by Gasteiger charge is 2.27. The van der Waals surface area contributed by atoms with Gasteiger partial charge in [-0.1, -0.05) is 18.2 Å². The maximum Gasteiger partial charge on any atom is 0.355 e. The number of carbonyl (C=O) groups excluding carboxylic acids is 2. The van der Waals surface area contributed by atoms with Crippen molar-refractivity contribution in [3.8, 4) is 5.69 Å². The molecule has 2 heterocycles. The lowest BCUT2D eigenvalue weighted by Crippen LogP contribution is -2.26. The minimum Gasteiger partial charge on any atom is -0.465 e. The fourth-order valence-electron chi connectivity index (χ4n) is 3.50. The van der Waals surface area contributed by atoms with Crippen molar-refractivity contribution in [3.05, 3.63) is 90.1 Å². The van der Waals surface area contributed by atoms with Gasteiger partial charge in [0, 0.05) is 17.6 Å². The molecule has 1 aliphatic heterocycles. The Morgan fingerprint density at radius 1 is 0.935 bits per heavy atom. The first-order chi connectivity index (χ1) is 15.0. The quantitative estimate of drug-likeness (QED) is 0.603. The van der Waals surface area contributed by atoms with Crippen LogP contribution >= 0.6 is 0 Å². The largest absolute Gasteiger partial charge is 0.465 e. The highest BCUT2D eigenvalue weighted by atomic mass is 16.5. The Kier molecular flexibility index (Phi) is 5.41. The van der Waals surface area contributed by atoms with E-state index in [1.165, 1.54) is 20.3 Å². The van der Waals surface area contributed by atoms with Crippen molar-refractivity contribution in [1.29, 1.82) is 0 Å². The fraction of sp³-hybridized carbons (Fsp3) is 0.125. The van der Waals surface area contributed by atoms with E-state index in [9.17, 15) is 9.59 Å². The second-order valence-corrected chi connectivity index (χ2v) is 6.94. The molecule has 0 saturated heterocycles. The Morgan fingerprint density at radius 3 is 2.48 bits per heavy atom. The Balaban J connectivity index is 1.83. The lowest BCUT2D eigenvalue weighted by Gasteiger charge is -2.23. The lowest BCUT2D eigenvalue weighted by molar-refractivity contribution is -0.139. The van der Waals surface area contributed by atoms with Crippen molar-refractivity contribution in [2.75, 3.05) is 19.1 Å². The molecular weight excluding hydrogens is 394 g/mol. The maximum absolute atomic E-state index is 12.6. The number of rotatable bonds is 4. The summed E-state index contributed by atoms with van der Waals surface area (Å²) < 4.78 is 11.8. The first-order valence-corrected chi connectivity index (χ1v) is 9.62. The predicted molar refractivity (Wildman–Crippen MR) is 118 cm³/mol. The normalized spacial score (nSPS) is 13.5. The average Bonchev–Trinajstić information content (AvgIpc) is 3.08. The monoisotopic (exact) mass is 415 g/mol. The second-order valence-electron chi connectivity index (χ2n) is 6.94. The molecule has 1 aliphatic rings. The minimum atomic E-state index is -0.651. The van der Waals surface area contributed by atoms with Crippen LogP contribution in [0.5, 0.6) is 0 Å². The van der Waals surface area contributed by atoms with Gasteiger partial charge in [0.2, 0.25) is 0 Å². The number of aromatic nitrogens is 2. The zero-order valence-electron chi connectivity index (χ0n) is 17.4. The van der Waals surface area contributed by atoms with Crippen LogP contribution in [0.4, 0.5) is 5.69 Å². The summed E-state index contributed by atoms with van der Waals surface area (Å²) in [4.78, 5) is 31.1. The van der Waals surface area contributed by atoms with E-state index in [2.05, 4.69) is 11.1 Å². The number of imidazole rings is 1. The summed E-state index contributed by atoms with van der Waals surface area (Å²) in [6.07, 6.45) is 8.38. The van der Waals surface area contributed by atoms with Crippen molar-refractivity contribution in [3.63, 3.8) is 0 Å². The molecule has 0 amide bonds. The van der Waals surface area contributed by atoms with E-state index in [0.29, 0.717) is 5.69 Å². The number of esters is 2. The van der Waals surface area contributed by atoms with E-state index in [1.54, 1.807) is 29.6 Å². The van der Waals surface area contributed by atoms with Crippen molar-refractivity contribution in [1.82, 2.24) is 9.55 Å².